The number of hydrogen-bond donors (Lipinski definition) is 1. The maximum absolute atomic E-state index is 3.84. The molecule has 1 nitrogen and oxygen atoms in total. The van der Waals surface area contributed by atoms with Crippen molar-refractivity contribution >= 4 is 0 Å². The van der Waals surface area contributed by atoms with Crippen LogP contribution < -0.4 is 5.32 Å². The van der Waals surface area contributed by atoms with E-state index in [0.717, 1.165) is 6.54 Å². The monoisotopic (exact) mass is 311 g/mol. The molecule has 1 heteroatoms. The Kier molecular flexibility index (Phi) is 6.82. The molecule has 0 fully saturated rings. The lowest BCUT2D eigenvalue weighted by Crippen LogP contribution is -2.48. The summed E-state index contributed by atoms with van der Waals surface area (Å²) in [6.07, 6.45) is 3.65. The van der Waals surface area contributed by atoms with Gasteiger partial charge in [0.15, 0.2) is 0 Å². The summed E-state index contributed by atoms with van der Waals surface area (Å²) in [5.74, 6) is 0. The first-order valence-electron chi connectivity index (χ1n) is 9.22. The third-order valence-electron chi connectivity index (χ3n) is 6.98. The van der Waals surface area contributed by atoms with Crippen LogP contribution in [-0.2, 0) is 0 Å². The zero-order chi connectivity index (χ0) is 18.0. The van der Waals surface area contributed by atoms with Crippen LogP contribution in [0.3, 0.4) is 0 Å². The summed E-state index contributed by atoms with van der Waals surface area (Å²) in [5.41, 5.74) is 1.59. The standard InChI is InChI=1S/C21H45N/c1-13-18(5,6)20(9,10)16-21(11,12)22-15-14-19(7,8)17(2,3)4/h22H,13-16H2,1-12H3. The van der Waals surface area contributed by atoms with Gasteiger partial charge < -0.3 is 5.32 Å². The summed E-state index contributed by atoms with van der Waals surface area (Å²) in [6.45, 7) is 29.7. The third kappa shape index (κ3) is 5.87. The minimum absolute atomic E-state index is 0.184. The molecule has 0 amide bonds. The van der Waals surface area contributed by atoms with Crippen molar-refractivity contribution in [2.75, 3.05) is 6.54 Å². The first-order valence-corrected chi connectivity index (χ1v) is 9.22. The fraction of sp³-hybridized carbons (Fsp3) is 1.00. The van der Waals surface area contributed by atoms with Gasteiger partial charge in [-0.3, -0.25) is 0 Å². The summed E-state index contributed by atoms with van der Waals surface area (Å²) >= 11 is 0. The first-order chi connectivity index (χ1) is 9.47. The molecule has 0 unspecified atom stereocenters. The van der Waals surface area contributed by atoms with Crippen LogP contribution in [0.5, 0.6) is 0 Å². The molecular formula is C21H45N. The second kappa shape index (κ2) is 6.83. The van der Waals surface area contributed by atoms with Crippen molar-refractivity contribution in [1.29, 1.82) is 0 Å². The lowest BCUT2D eigenvalue weighted by Gasteiger charge is -2.46. The number of nitrogens with one attached hydrogen (secondary N) is 1. The zero-order valence-corrected chi connectivity index (χ0v) is 17.8. The maximum atomic E-state index is 3.84. The van der Waals surface area contributed by atoms with Gasteiger partial charge in [0.25, 0.3) is 0 Å². The smallest absolute Gasteiger partial charge is 0.0130 e. The van der Waals surface area contributed by atoms with Crippen molar-refractivity contribution in [2.45, 2.75) is 108 Å². The molecule has 0 aromatic carbocycles. The Balaban J connectivity index is 4.68. The van der Waals surface area contributed by atoms with Crippen LogP contribution in [0.15, 0.2) is 0 Å². The minimum Gasteiger partial charge on any atom is -0.312 e. The Labute approximate surface area is 142 Å². The normalized spacial score (nSPS) is 15.3. The summed E-state index contributed by atoms with van der Waals surface area (Å²) in [7, 11) is 0. The van der Waals surface area contributed by atoms with Gasteiger partial charge in [0.05, 0.1) is 0 Å². The fourth-order valence-corrected chi connectivity index (χ4v) is 2.97. The van der Waals surface area contributed by atoms with Gasteiger partial charge in [-0.25, -0.2) is 0 Å². The molecule has 0 bridgehead atoms. The van der Waals surface area contributed by atoms with Crippen molar-refractivity contribution in [1.82, 2.24) is 5.32 Å². The fourth-order valence-electron chi connectivity index (χ4n) is 2.97. The van der Waals surface area contributed by atoms with Crippen LogP contribution in [0.2, 0.25) is 0 Å². The quantitative estimate of drug-likeness (QED) is 0.528. The molecule has 0 spiro atoms. The van der Waals surface area contributed by atoms with Crippen molar-refractivity contribution in [2.24, 2.45) is 21.7 Å². The van der Waals surface area contributed by atoms with E-state index >= 15 is 0 Å². The van der Waals surface area contributed by atoms with Crippen LogP contribution in [0.4, 0.5) is 0 Å². The molecule has 0 aromatic heterocycles. The Hall–Kier alpha value is -0.0400. The molecule has 134 valence electrons. The van der Waals surface area contributed by atoms with Crippen LogP contribution in [0.1, 0.15) is 102 Å². The Morgan fingerprint density at radius 3 is 1.45 bits per heavy atom. The predicted molar refractivity (Wildman–Crippen MR) is 102 cm³/mol. The van der Waals surface area contributed by atoms with Crippen LogP contribution in [0.25, 0.3) is 0 Å². The van der Waals surface area contributed by atoms with Crippen molar-refractivity contribution < 1.29 is 0 Å². The van der Waals surface area contributed by atoms with E-state index in [1.54, 1.807) is 0 Å². The average molecular weight is 312 g/mol. The third-order valence-corrected chi connectivity index (χ3v) is 6.98. The van der Waals surface area contributed by atoms with Crippen LogP contribution >= 0.6 is 0 Å². The van der Waals surface area contributed by atoms with E-state index in [-0.39, 0.29) is 5.54 Å². The Bertz CT molecular complexity index is 339. The highest BCUT2D eigenvalue weighted by Crippen LogP contribution is 2.46. The molecule has 22 heavy (non-hydrogen) atoms. The van der Waals surface area contributed by atoms with Crippen molar-refractivity contribution in [3.8, 4) is 0 Å². The molecule has 0 aromatic rings. The van der Waals surface area contributed by atoms with Gasteiger partial charge in [0.2, 0.25) is 0 Å². The summed E-state index contributed by atoms with van der Waals surface area (Å²) in [4.78, 5) is 0. The second-order valence-electron chi connectivity index (χ2n) is 11.0. The van der Waals surface area contributed by atoms with E-state index in [2.05, 4.69) is 88.4 Å². The molecule has 0 saturated heterocycles. The van der Waals surface area contributed by atoms with E-state index in [0.29, 0.717) is 21.7 Å². The van der Waals surface area contributed by atoms with Gasteiger partial charge in [-0.2, -0.15) is 0 Å². The molecule has 0 rings (SSSR count). The van der Waals surface area contributed by atoms with Gasteiger partial charge in [0, 0.05) is 5.54 Å². The summed E-state index contributed by atoms with van der Waals surface area (Å²) in [5, 5.41) is 3.84. The van der Waals surface area contributed by atoms with Crippen LogP contribution in [0, 0.1) is 21.7 Å². The zero-order valence-electron chi connectivity index (χ0n) is 17.8. The van der Waals surface area contributed by atoms with Gasteiger partial charge in [-0.05, 0) is 54.9 Å². The highest BCUT2D eigenvalue weighted by molar-refractivity contribution is 4.93. The second-order valence-corrected chi connectivity index (χ2v) is 11.0. The number of hydrogen-bond acceptors (Lipinski definition) is 1. The predicted octanol–water partition coefficient (Wildman–Crippen LogP) is 6.67. The van der Waals surface area contributed by atoms with Gasteiger partial charge in [0.1, 0.15) is 0 Å². The van der Waals surface area contributed by atoms with Crippen molar-refractivity contribution in [3.05, 3.63) is 0 Å². The van der Waals surface area contributed by atoms with E-state index in [1.807, 2.05) is 0 Å². The van der Waals surface area contributed by atoms with E-state index in [9.17, 15) is 0 Å². The molecule has 0 aliphatic heterocycles. The van der Waals surface area contributed by atoms with E-state index in [1.165, 1.54) is 19.3 Å². The molecule has 0 saturated carbocycles. The summed E-state index contributed by atoms with van der Waals surface area (Å²) < 4.78 is 0. The summed E-state index contributed by atoms with van der Waals surface area (Å²) in [6, 6.07) is 0. The molecule has 0 atom stereocenters. The van der Waals surface area contributed by atoms with E-state index < -0.39 is 0 Å². The van der Waals surface area contributed by atoms with Gasteiger partial charge in [-0.1, -0.05) is 75.7 Å². The topological polar surface area (TPSA) is 12.0 Å². The molecule has 0 heterocycles. The molecule has 0 radical (unpaired) electrons. The molecular weight excluding hydrogens is 266 g/mol. The molecule has 0 aliphatic carbocycles. The minimum atomic E-state index is 0.184. The molecule has 1 N–H and O–H groups in total. The number of rotatable bonds is 8. The van der Waals surface area contributed by atoms with Crippen molar-refractivity contribution in [3.63, 3.8) is 0 Å². The first kappa shape index (κ1) is 22.0. The average Bonchev–Trinajstić information content (AvgIpc) is 2.24. The van der Waals surface area contributed by atoms with E-state index in [4.69, 9.17) is 0 Å². The Morgan fingerprint density at radius 1 is 0.636 bits per heavy atom. The van der Waals surface area contributed by atoms with Gasteiger partial charge in [-0.15, -0.1) is 0 Å². The maximum Gasteiger partial charge on any atom is 0.0130 e. The van der Waals surface area contributed by atoms with Gasteiger partial charge >= 0.3 is 0 Å². The largest absolute Gasteiger partial charge is 0.312 e. The lowest BCUT2D eigenvalue weighted by atomic mass is 9.62. The van der Waals surface area contributed by atoms with Crippen LogP contribution in [-0.4, -0.2) is 12.1 Å². The molecule has 0 aliphatic rings. The highest BCUT2D eigenvalue weighted by atomic mass is 15.0. The lowest BCUT2D eigenvalue weighted by molar-refractivity contribution is 0.0589. The SMILES string of the molecule is CCC(C)(C)C(C)(C)CC(C)(C)NCCC(C)(C)C(C)(C)C. The Morgan fingerprint density at radius 2 is 1.09 bits per heavy atom. The highest BCUT2D eigenvalue weighted by Gasteiger charge is 2.39.